The standard InChI is InChI=1S/C26H18F4N8O5/c27-16-5-1-12(7-20(16)42-26(28,29)30)10-31-22(39)18-9-19(38-24(35-18)32-11-33-38)23(40)34-17-6-3-13-8-14(2-4-15(13)17)21-36-25(41)43-37-21/h1-2,4-5,7-9,11,17H,3,6,10H2,(H,31,39)(H,34,40)(H,36,37,41)/t17-/m0/s1. The van der Waals surface area contributed by atoms with E-state index in [0.29, 0.717) is 18.4 Å². The Morgan fingerprint density at radius 3 is 2.74 bits per heavy atom. The molecule has 0 aliphatic heterocycles. The van der Waals surface area contributed by atoms with E-state index in [0.717, 1.165) is 34.1 Å². The van der Waals surface area contributed by atoms with Gasteiger partial charge in [-0.3, -0.25) is 19.1 Å². The number of H-pyrrole nitrogens is 1. The molecule has 0 unspecified atom stereocenters. The second-order valence-electron chi connectivity index (χ2n) is 9.42. The van der Waals surface area contributed by atoms with Gasteiger partial charge in [-0.25, -0.2) is 14.2 Å². The van der Waals surface area contributed by atoms with E-state index in [9.17, 15) is 31.9 Å². The lowest BCUT2D eigenvalue weighted by Crippen LogP contribution is -2.30. The Labute approximate surface area is 236 Å². The number of nitrogens with one attached hydrogen (secondary N) is 3. The van der Waals surface area contributed by atoms with Crippen LogP contribution < -0.4 is 21.1 Å². The largest absolute Gasteiger partial charge is 0.573 e. The molecule has 5 aromatic rings. The summed E-state index contributed by atoms with van der Waals surface area (Å²) in [6.07, 6.45) is -2.73. The van der Waals surface area contributed by atoms with E-state index < -0.39 is 35.5 Å². The van der Waals surface area contributed by atoms with Gasteiger partial charge in [0.25, 0.3) is 17.6 Å². The fraction of sp³-hybridized carbons (Fsp3) is 0.192. The number of carbonyl (C=O) groups excluding carboxylic acids is 2. The van der Waals surface area contributed by atoms with Crippen molar-refractivity contribution in [2.75, 3.05) is 0 Å². The zero-order valence-corrected chi connectivity index (χ0v) is 21.6. The number of benzene rings is 2. The van der Waals surface area contributed by atoms with Crippen LogP contribution in [0.3, 0.4) is 0 Å². The Morgan fingerprint density at radius 2 is 1.98 bits per heavy atom. The first-order valence-corrected chi connectivity index (χ1v) is 12.6. The normalized spacial score (nSPS) is 14.5. The summed E-state index contributed by atoms with van der Waals surface area (Å²) < 4.78 is 60.7. The van der Waals surface area contributed by atoms with Crippen LogP contribution in [0.2, 0.25) is 0 Å². The summed E-state index contributed by atoms with van der Waals surface area (Å²) in [5.74, 6) is -4.04. The first kappa shape index (κ1) is 27.6. The third-order valence-corrected chi connectivity index (χ3v) is 6.63. The lowest BCUT2D eigenvalue weighted by molar-refractivity contribution is -0.275. The van der Waals surface area contributed by atoms with Gasteiger partial charge in [0, 0.05) is 18.2 Å². The van der Waals surface area contributed by atoms with Crippen LogP contribution in [-0.4, -0.2) is 47.9 Å². The molecule has 2 amide bonds. The predicted octanol–water partition coefficient (Wildman–Crippen LogP) is 2.85. The maximum atomic E-state index is 13.7. The molecule has 0 saturated carbocycles. The highest BCUT2D eigenvalue weighted by Crippen LogP contribution is 2.34. The van der Waals surface area contributed by atoms with Crippen LogP contribution >= 0.6 is 0 Å². The minimum absolute atomic E-state index is 0.0412. The average Bonchev–Trinajstić information content (AvgIpc) is 3.71. The van der Waals surface area contributed by atoms with Crippen molar-refractivity contribution in [1.82, 2.24) is 40.4 Å². The zero-order valence-electron chi connectivity index (χ0n) is 21.6. The van der Waals surface area contributed by atoms with Gasteiger partial charge >= 0.3 is 12.1 Å². The molecule has 0 bridgehead atoms. The summed E-state index contributed by atoms with van der Waals surface area (Å²) in [5.41, 5.74) is 2.32. The van der Waals surface area contributed by atoms with Gasteiger partial charge < -0.3 is 15.4 Å². The van der Waals surface area contributed by atoms with Crippen LogP contribution in [0.25, 0.3) is 17.2 Å². The number of fused-ring (bicyclic) bond motifs is 2. The number of nitrogens with zero attached hydrogens (tertiary/aromatic N) is 5. The molecule has 0 saturated heterocycles. The van der Waals surface area contributed by atoms with Crippen LogP contribution in [0.5, 0.6) is 5.75 Å². The second-order valence-corrected chi connectivity index (χ2v) is 9.42. The van der Waals surface area contributed by atoms with Gasteiger partial charge in [0.1, 0.15) is 17.7 Å². The highest BCUT2D eigenvalue weighted by atomic mass is 19.4. The molecule has 0 spiro atoms. The van der Waals surface area contributed by atoms with Crippen molar-refractivity contribution in [1.29, 1.82) is 0 Å². The van der Waals surface area contributed by atoms with Crippen molar-refractivity contribution in [3.8, 4) is 17.1 Å². The van der Waals surface area contributed by atoms with Gasteiger partial charge in [-0.05, 0) is 47.7 Å². The molecule has 6 rings (SSSR count). The molecular weight excluding hydrogens is 580 g/mol. The van der Waals surface area contributed by atoms with Gasteiger partial charge in [0.2, 0.25) is 0 Å². The molecule has 0 fully saturated rings. The minimum atomic E-state index is -5.10. The van der Waals surface area contributed by atoms with E-state index >= 15 is 0 Å². The van der Waals surface area contributed by atoms with E-state index in [1.165, 1.54) is 12.1 Å². The maximum Gasteiger partial charge on any atom is 0.573 e. The van der Waals surface area contributed by atoms with Crippen molar-refractivity contribution in [3.05, 3.63) is 93.2 Å². The predicted molar refractivity (Wildman–Crippen MR) is 136 cm³/mol. The SMILES string of the molecule is O=C(NCc1ccc(F)c(OC(F)(F)F)c1)c1cc(C(=O)N[C@H]2CCc3cc(-c4noc(=O)[nH]4)ccc32)n2ncnc2n1. The van der Waals surface area contributed by atoms with E-state index in [-0.39, 0.29) is 41.1 Å². The summed E-state index contributed by atoms with van der Waals surface area (Å²) in [6, 6.07) is 9.00. The summed E-state index contributed by atoms with van der Waals surface area (Å²) in [4.78, 5) is 48.1. The number of rotatable bonds is 7. The van der Waals surface area contributed by atoms with Crippen molar-refractivity contribution in [3.63, 3.8) is 0 Å². The van der Waals surface area contributed by atoms with E-state index in [2.05, 4.69) is 45.1 Å². The molecule has 1 aliphatic rings. The lowest BCUT2D eigenvalue weighted by atomic mass is 10.0. The van der Waals surface area contributed by atoms with Crippen molar-refractivity contribution in [2.24, 2.45) is 0 Å². The Morgan fingerprint density at radius 1 is 1.14 bits per heavy atom. The van der Waals surface area contributed by atoms with Crippen LogP contribution in [0.1, 0.15) is 50.1 Å². The summed E-state index contributed by atoms with van der Waals surface area (Å²) >= 11 is 0. The molecule has 43 heavy (non-hydrogen) atoms. The van der Waals surface area contributed by atoms with Gasteiger partial charge in [0.15, 0.2) is 17.4 Å². The third kappa shape index (κ3) is 5.77. The molecule has 220 valence electrons. The Hall–Kier alpha value is -5.61. The fourth-order valence-corrected chi connectivity index (χ4v) is 4.73. The van der Waals surface area contributed by atoms with Crippen molar-refractivity contribution < 1.29 is 36.4 Å². The number of halogens is 4. The number of hydrogen-bond acceptors (Lipinski definition) is 9. The summed E-state index contributed by atoms with van der Waals surface area (Å²) in [6.45, 7) is -0.294. The summed E-state index contributed by atoms with van der Waals surface area (Å²) in [7, 11) is 0. The molecule has 2 aromatic carbocycles. The number of amides is 2. The van der Waals surface area contributed by atoms with Crippen LogP contribution in [-0.2, 0) is 13.0 Å². The zero-order chi connectivity index (χ0) is 30.3. The highest BCUT2D eigenvalue weighted by molar-refractivity contribution is 5.98. The monoisotopic (exact) mass is 598 g/mol. The van der Waals surface area contributed by atoms with Crippen molar-refractivity contribution in [2.45, 2.75) is 31.8 Å². The molecular formula is C26H18F4N8O5. The number of aromatic nitrogens is 6. The van der Waals surface area contributed by atoms with Crippen molar-refractivity contribution >= 4 is 17.6 Å². The number of alkyl halides is 3. The first-order valence-electron chi connectivity index (χ1n) is 12.6. The lowest BCUT2D eigenvalue weighted by Gasteiger charge is -2.15. The quantitative estimate of drug-likeness (QED) is 0.239. The van der Waals surface area contributed by atoms with E-state index in [4.69, 9.17) is 0 Å². The molecule has 1 aliphatic carbocycles. The summed E-state index contributed by atoms with van der Waals surface area (Å²) in [5, 5.41) is 13.1. The molecule has 3 aromatic heterocycles. The van der Waals surface area contributed by atoms with E-state index in [1.54, 1.807) is 6.07 Å². The molecule has 3 N–H and O–H groups in total. The van der Waals surface area contributed by atoms with Gasteiger partial charge in [0.05, 0.1) is 6.04 Å². The molecule has 0 radical (unpaired) electrons. The Balaban J connectivity index is 1.19. The molecule has 13 nitrogen and oxygen atoms in total. The van der Waals surface area contributed by atoms with Crippen LogP contribution in [0.4, 0.5) is 17.6 Å². The molecule has 3 heterocycles. The number of aromatic amines is 1. The van der Waals surface area contributed by atoms with Crippen LogP contribution in [0, 0.1) is 5.82 Å². The number of aryl methyl sites for hydroxylation is 1. The van der Waals surface area contributed by atoms with Crippen LogP contribution in [0.15, 0.2) is 58.1 Å². The van der Waals surface area contributed by atoms with Gasteiger partial charge in [-0.15, -0.1) is 13.2 Å². The molecule has 1 atom stereocenters. The Bertz CT molecular complexity index is 1930. The fourth-order valence-electron chi connectivity index (χ4n) is 4.73. The Kier molecular flexibility index (Phi) is 6.83. The number of carbonyl (C=O) groups is 2. The maximum absolute atomic E-state index is 13.7. The average molecular weight is 598 g/mol. The topological polar surface area (TPSA) is 169 Å². The second kappa shape index (κ2) is 10.7. The smallest absolute Gasteiger partial charge is 0.403 e. The molecule has 17 heteroatoms. The first-order chi connectivity index (χ1) is 20.5. The van der Waals surface area contributed by atoms with Gasteiger partial charge in [-0.1, -0.05) is 23.4 Å². The van der Waals surface area contributed by atoms with Gasteiger partial charge in [-0.2, -0.15) is 14.6 Å². The third-order valence-electron chi connectivity index (χ3n) is 6.63. The number of hydrogen-bond donors (Lipinski definition) is 3. The van der Waals surface area contributed by atoms with E-state index in [1.807, 2.05) is 12.1 Å². The number of ether oxygens (including phenoxy) is 1. The highest BCUT2D eigenvalue weighted by Gasteiger charge is 2.32. The minimum Gasteiger partial charge on any atom is -0.403 e.